The molecule has 6 heteroatoms. The van der Waals surface area contributed by atoms with E-state index in [1.165, 1.54) is 10.9 Å². The van der Waals surface area contributed by atoms with Crippen LogP contribution in [-0.4, -0.2) is 20.8 Å². The van der Waals surface area contributed by atoms with E-state index in [0.29, 0.717) is 17.1 Å². The lowest BCUT2D eigenvalue weighted by atomic mass is 10.1. The van der Waals surface area contributed by atoms with Crippen molar-refractivity contribution < 1.29 is 9.90 Å². The second-order valence-electron chi connectivity index (χ2n) is 3.93. The molecule has 0 aliphatic carbocycles. The number of aryl methyl sites for hydroxylation is 1. The molecule has 1 aromatic heterocycles. The third-order valence-corrected chi connectivity index (χ3v) is 2.57. The van der Waals surface area contributed by atoms with E-state index in [1.54, 1.807) is 31.3 Å². The summed E-state index contributed by atoms with van der Waals surface area (Å²) in [4.78, 5) is 11.8. The molecular formula is C12H14N4O2. The van der Waals surface area contributed by atoms with Crippen molar-refractivity contribution in [2.45, 2.75) is 6.42 Å². The van der Waals surface area contributed by atoms with Crippen LogP contribution in [0.3, 0.4) is 0 Å². The van der Waals surface area contributed by atoms with Gasteiger partial charge >= 0.3 is 0 Å². The molecule has 2 rings (SSSR count). The fourth-order valence-electron chi connectivity index (χ4n) is 1.62. The van der Waals surface area contributed by atoms with Gasteiger partial charge in [-0.25, -0.2) is 0 Å². The molecule has 1 aromatic carbocycles. The molecule has 94 valence electrons. The number of anilines is 2. The number of nitrogens with two attached hydrogens (primary N) is 1. The number of hydrogen-bond donors (Lipinski definition) is 3. The highest BCUT2D eigenvalue weighted by molar-refractivity contribution is 5.94. The third-order valence-electron chi connectivity index (χ3n) is 2.57. The molecule has 0 radical (unpaired) electrons. The molecule has 0 atom stereocenters. The molecule has 6 nitrogen and oxygen atoms in total. The zero-order valence-electron chi connectivity index (χ0n) is 9.92. The Balaban J connectivity index is 2.08. The first-order valence-electron chi connectivity index (χ1n) is 5.42. The Morgan fingerprint density at radius 3 is 2.83 bits per heavy atom. The predicted octanol–water partition coefficient (Wildman–Crippen LogP) is 0.889. The number of hydrogen-bond acceptors (Lipinski definition) is 4. The summed E-state index contributed by atoms with van der Waals surface area (Å²) in [7, 11) is 1.69. The van der Waals surface area contributed by atoms with Gasteiger partial charge in [0.1, 0.15) is 5.75 Å². The molecular weight excluding hydrogens is 232 g/mol. The smallest absolute Gasteiger partial charge is 0.230 e. The molecule has 0 fully saturated rings. The summed E-state index contributed by atoms with van der Waals surface area (Å²) in [5, 5.41) is 16.2. The molecule has 2 aromatic rings. The number of nitrogens with one attached hydrogen (secondary N) is 1. The number of carbonyl (C=O) groups excluding carboxylic acids is 1. The SMILES string of the molecule is Cn1ncc(N)c1NC(=O)Cc1ccccc1O. The van der Waals surface area contributed by atoms with Crippen LogP contribution in [-0.2, 0) is 18.3 Å². The minimum absolute atomic E-state index is 0.0806. The lowest BCUT2D eigenvalue weighted by molar-refractivity contribution is -0.115. The van der Waals surface area contributed by atoms with Crippen LogP contribution >= 0.6 is 0 Å². The van der Waals surface area contributed by atoms with Gasteiger partial charge in [-0.15, -0.1) is 0 Å². The van der Waals surface area contributed by atoms with Crippen LogP contribution in [0.5, 0.6) is 5.75 Å². The van der Waals surface area contributed by atoms with E-state index in [9.17, 15) is 9.90 Å². The molecule has 0 aliphatic rings. The zero-order valence-corrected chi connectivity index (χ0v) is 9.92. The van der Waals surface area contributed by atoms with Gasteiger partial charge in [0.2, 0.25) is 5.91 Å². The molecule has 1 heterocycles. The number of para-hydroxylation sites is 1. The predicted molar refractivity (Wildman–Crippen MR) is 68.1 cm³/mol. The number of phenols is 1. The van der Waals surface area contributed by atoms with Crippen LogP contribution in [0.15, 0.2) is 30.5 Å². The van der Waals surface area contributed by atoms with Crippen molar-refractivity contribution in [3.63, 3.8) is 0 Å². The highest BCUT2D eigenvalue weighted by atomic mass is 16.3. The Bertz CT molecular complexity index is 558. The summed E-state index contributed by atoms with van der Waals surface area (Å²) in [6, 6.07) is 6.71. The van der Waals surface area contributed by atoms with Crippen molar-refractivity contribution >= 4 is 17.4 Å². The van der Waals surface area contributed by atoms with Gasteiger partial charge < -0.3 is 16.2 Å². The van der Waals surface area contributed by atoms with Crippen molar-refractivity contribution in [1.82, 2.24) is 9.78 Å². The van der Waals surface area contributed by atoms with Crippen molar-refractivity contribution in [3.05, 3.63) is 36.0 Å². The van der Waals surface area contributed by atoms with E-state index >= 15 is 0 Å². The van der Waals surface area contributed by atoms with Gasteiger partial charge in [-0.2, -0.15) is 5.10 Å². The number of amides is 1. The van der Waals surface area contributed by atoms with Crippen LogP contribution in [0.2, 0.25) is 0 Å². The molecule has 0 aliphatic heterocycles. The number of phenolic OH excluding ortho intramolecular Hbond substituents is 1. The van der Waals surface area contributed by atoms with Gasteiger partial charge in [0.05, 0.1) is 18.3 Å². The van der Waals surface area contributed by atoms with Gasteiger partial charge in [0.25, 0.3) is 0 Å². The number of aromatic hydroxyl groups is 1. The highest BCUT2D eigenvalue weighted by Gasteiger charge is 2.11. The first kappa shape index (κ1) is 12.0. The van der Waals surface area contributed by atoms with Crippen LogP contribution in [0, 0.1) is 0 Å². The molecule has 0 saturated heterocycles. The van der Waals surface area contributed by atoms with E-state index in [2.05, 4.69) is 10.4 Å². The summed E-state index contributed by atoms with van der Waals surface area (Å²) < 4.78 is 1.48. The van der Waals surface area contributed by atoms with Gasteiger partial charge in [0, 0.05) is 12.6 Å². The molecule has 0 bridgehead atoms. The van der Waals surface area contributed by atoms with Crippen molar-refractivity contribution in [2.24, 2.45) is 7.05 Å². The molecule has 0 unspecified atom stereocenters. The number of rotatable bonds is 3. The maximum Gasteiger partial charge on any atom is 0.230 e. The maximum absolute atomic E-state index is 11.8. The quantitative estimate of drug-likeness (QED) is 0.749. The van der Waals surface area contributed by atoms with E-state index in [-0.39, 0.29) is 18.1 Å². The molecule has 0 spiro atoms. The topological polar surface area (TPSA) is 93.2 Å². The molecule has 0 saturated carbocycles. The Morgan fingerprint density at radius 2 is 2.22 bits per heavy atom. The Morgan fingerprint density at radius 1 is 1.50 bits per heavy atom. The number of nitrogens with zero attached hydrogens (tertiary/aromatic N) is 2. The zero-order chi connectivity index (χ0) is 13.1. The van der Waals surface area contributed by atoms with Crippen molar-refractivity contribution in [2.75, 3.05) is 11.1 Å². The van der Waals surface area contributed by atoms with Crippen molar-refractivity contribution in [1.29, 1.82) is 0 Å². The maximum atomic E-state index is 11.8. The summed E-state index contributed by atoms with van der Waals surface area (Å²) in [6.07, 6.45) is 1.55. The molecule has 4 N–H and O–H groups in total. The number of benzene rings is 1. The largest absolute Gasteiger partial charge is 0.508 e. The van der Waals surface area contributed by atoms with E-state index < -0.39 is 0 Å². The minimum Gasteiger partial charge on any atom is -0.508 e. The first-order valence-corrected chi connectivity index (χ1v) is 5.42. The average Bonchev–Trinajstić information content (AvgIpc) is 2.64. The molecule has 1 amide bonds. The fraction of sp³-hybridized carbons (Fsp3) is 0.167. The standard InChI is InChI=1S/C12H14N4O2/c1-16-12(9(13)7-14-16)15-11(18)6-8-4-2-3-5-10(8)17/h2-5,7,17H,6,13H2,1H3,(H,15,18). The van der Waals surface area contributed by atoms with Crippen LogP contribution < -0.4 is 11.1 Å². The van der Waals surface area contributed by atoms with E-state index in [4.69, 9.17) is 5.73 Å². The van der Waals surface area contributed by atoms with Crippen LogP contribution in [0.4, 0.5) is 11.5 Å². The van der Waals surface area contributed by atoms with Gasteiger partial charge in [0.15, 0.2) is 5.82 Å². The summed E-state index contributed by atoms with van der Waals surface area (Å²) in [5.41, 5.74) is 6.64. The van der Waals surface area contributed by atoms with Gasteiger partial charge in [-0.1, -0.05) is 18.2 Å². The molecule has 18 heavy (non-hydrogen) atoms. The second-order valence-corrected chi connectivity index (χ2v) is 3.93. The summed E-state index contributed by atoms with van der Waals surface area (Å²) in [6.45, 7) is 0. The highest BCUT2D eigenvalue weighted by Crippen LogP contribution is 2.19. The summed E-state index contributed by atoms with van der Waals surface area (Å²) >= 11 is 0. The number of carbonyl (C=O) groups is 1. The normalized spacial score (nSPS) is 10.3. The van der Waals surface area contributed by atoms with Gasteiger partial charge in [-0.05, 0) is 6.07 Å². The van der Waals surface area contributed by atoms with E-state index in [0.717, 1.165) is 0 Å². The Hall–Kier alpha value is -2.50. The van der Waals surface area contributed by atoms with Crippen molar-refractivity contribution in [3.8, 4) is 5.75 Å². The lowest BCUT2D eigenvalue weighted by Crippen LogP contribution is -2.17. The van der Waals surface area contributed by atoms with Crippen LogP contribution in [0.25, 0.3) is 0 Å². The third kappa shape index (κ3) is 2.42. The Kier molecular flexibility index (Phi) is 3.18. The first-order chi connectivity index (χ1) is 8.58. The van der Waals surface area contributed by atoms with E-state index in [1.807, 2.05) is 0 Å². The lowest BCUT2D eigenvalue weighted by Gasteiger charge is -2.07. The van der Waals surface area contributed by atoms with Crippen LogP contribution in [0.1, 0.15) is 5.56 Å². The Labute approximate surface area is 104 Å². The number of aromatic nitrogens is 2. The monoisotopic (exact) mass is 246 g/mol. The average molecular weight is 246 g/mol. The fourth-order valence-corrected chi connectivity index (χ4v) is 1.62. The van der Waals surface area contributed by atoms with Gasteiger partial charge in [-0.3, -0.25) is 9.48 Å². The number of nitrogen functional groups attached to an aromatic ring is 1. The summed E-state index contributed by atoms with van der Waals surface area (Å²) in [5.74, 6) is 0.299. The minimum atomic E-state index is -0.258. The second kappa shape index (κ2) is 4.79.